The predicted octanol–water partition coefficient (Wildman–Crippen LogP) is 0.500. The summed E-state index contributed by atoms with van der Waals surface area (Å²) in [6.07, 6.45) is -0.582. The maximum absolute atomic E-state index is 11.3. The van der Waals surface area contributed by atoms with E-state index in [1.54, 1.807) is 27.7 Å². The van der Waals surface area contributed by atoms with Crippen LogP contribution in [0.25, 0.3) is 0 Å². The number of ether oxygens (including phenoxy) is 1. The molecule has 15 heavy (non-hydrogen) atoms. The molecule has 0 aliphatic carbocycles. The molecule has 0 aliphatic heterocycles. The molecule has 0 saturated carbocycles. The lowest BCUT2D eigenvalue weighted by molar-refractivity contribution is 0.0438. The maximum Gasteiger partial charge on any atom is 0.407 e. The second-order valence-electron chi connectivity index (χ2n) is 4.60. The van der Waals surface area contributed by atoms with Crippen molar-refractivity contribution in [2.45, 2.75) is 39.3 Å². The van der Waals surface area contributed by atoms with Crippen molar-refractivity contribution in [3.05, 3.63) is 0 Å². The minimum absolute atomic E-state index is 0.0962. The van der Waals surface area contributed by atoms with E-state index in [1.165, 1.54) is 0 Å². The molecule has 0 spiro atoms. The fourth-order valence-electron chi connectivity index (χ4n) is 0.954. The molecule has 0 heterocycles. The van der Waals surface area contributed by atoms with Crippen molar-refractivity contribution < 1.29 is 19.7 Å². The number of nitrogens with one attached hydrogen (secondary N) is 1. The Morgan fingerprint density at radius 2 is 1.87 bits per heavy atom. The van der Waals surface area contributed by atoms with Crippen LogP contribution in [0.5, 0.6) is 0 Å². The van der Waals surface area contributed by atoms with Crippen LogP contribution in [0, 0.1) is 5.92 Å². The summed E-state index contributed by atoms with van der Waals surface area (Å²) in [5, 5.41) is 20.4. The summed E-state index contributed by atoms with van der Waals surface area (Å²) in [5.41, 5.74) is -0.563. The van der Waals surface area contributed by atoms with Gasteiger partial charge in [-0.1, -0.05) is 6.92 Å². The van der Waals surface area contributed by atoms with Crippen molar-refractivity contribution in [2.24, 2.45) is 5.92 Å². The minimum atomic E-state index is -0.582. The first kappa shape index (κ1) is 14.2. The molecule has 0 radical (unpaired) electrons. The van der Waals surface area contributed by atoms with E-state index in [-0.39, 0.29) is 19.1 Å². The molecule has 90 valence electrons. The van der Waals surface area contributed by atoms with Gasteiger partial charge in [-0.2, -0.15) is 0 Å². The second kappa shape index (κ2) is 5.92. The zero-order valence-corrected chi connectivity index (χ0v) is 9.78. The van der Waals surface area contributed by atoms with Crippen LogP contribution in [-0.2, 0) is 4.74 Å². The van der Waals surface area contributed by atoms with Gasteiger partial charge in [-0.3, -0.25) is 0 Å². The maximum atomic E-state index is 11.3. The molecule has 0 aromatic carbocycles. The Kier molecular flexibility index (Phi) is 5.60. The predicted molar refractivity (Wildman–Crippen MR) is 56.5 cm³/mol. The molecule has 1 amide bonds. The average molecular weight is 219 g/mol. The molecule has 0 aromatic heterocycles. The van der Waals surface area contributed by atoms with Gasteiger partial charge in [-0.05, 0) is 20.8 Å². The quantitative estimate of drug-likeness (QED) is 0.643. The zero-order valence-electron chi connectivity index (χ0n) is 9.78. The van der Waals surface area contributed by atoms with Crippen molar-refractivity contribution >= 4 is 6.09 Å². The van der Waals surface area contributed by atoms with Crippen LogP contribution in [0.3, 0.4) is 0 Å². The number of carbonyl (C=O) groups excluding carboxylic acids is 1. The normalized spacial score (nSPS) is 15.6. The number of aliphatic hydroxyl groups excluding tert-OH is 2. The fourth-order valence-corrected chi connectivity index (χ4v) is 0.954. The topological polar surface area (TPSA) is 78.8 Å². The van der Waals surface area contributed by atoms with E-state index >= 15 is 0 Å². The summed E-state index contributed by atoms with van der Waals surface area (Å²) < 4.78 is 5.02. The van der Waals surface area contributed by atoms with Crippen molar-refractivity contribution in [1.29, 1.82) is 0 Å². The third-order valence-corrected chi connectivity index (χ3v) is 1.87. The molecule has 0 rings (SSSR count). The number of amides is 1. The SMILES string of the molecule is C[C@H](CO)[C@H](CO)NC(=O)OC(C)(C)C. The Morgan fingerprint density at radius 1 is 1.33 bits per heavy atom. The van der Waals surface area contributed by atoms with Gasteiger partial charge >= 0.3 is 6.09 Å². The van der Waals surface area contributed by atoms with Gasteiger partial charge in [0.2, 0.25) is 0 Å². The van der Waals surface area contributed by atoms with Crippen LogP contribution in [-0.4, -0.2) is 41.2 Å². The Hall–Kier alpha value is -0.810. The molecule has 2 atom stereocenters. The molecular formula is C10H21NO4. The van der Waals surface area contributed by atoms with Crippen LogP contribution in [0.15, 0.2) is 0 Å². The number of alkyl carbamates (subject to hydrolysis) is 1. The van der Waals surface area contributed by atoms with Crippen LogP contribution in [0.1, 0.15) is 27.7 Å². The van der Waals surface area contributed by atoms with Crippen LogP contribution >= 0.6 is 0 Å². The van der Waals surface area contributed by atoms with Gasteiger partial charge in [0, 0.05) is 12.5 Å². The van der Waals surface area contributed by atoms with E-state index in [1.807, 2.05) is 0 Å². The van der Waals surface area contributed by atoms with Crippen molar-refractivity contribution in [3.8, 4) is 0 Å². The van der Waals surface area contributed by atoms with Crippen molar-refractivity contribution in [2.75, 3.05) is 13.2 Å². The molecule has 0 aromatic rings. The number of hydrogen-bond donors (Lipinski definition) is 3. The summed E-state index contributed by atoms with van der Waals surface area (Å²) in [5.74, 6) is -0.206. The molecule has 3 N–H and O–H groups in total. The van der Waals surface area contributed by atoms with E-state index in [0.29, 0.717) is 0 Å². The first-order valence-electron chi connectivity index (χ1n) is 5.01. The third-order valence-electron chi connectivity index (χ3n) is 1.87. The molecule has 5 nitrogen and oxygen atoms in total. The summed E-state index contributed by atoms with van der Waals surface area (Å²) >= 11 is 0. The highest BCUT2D eigenvalue weighted by atomic mass is 16.6. The molecule has 0 saturated heterocycles. The Morgan fingerprint density at radius 3 is 2.20 bits per heavy atom. The second-order valence-corrected chi connectivity index (χ2v) is 4.60. The molecular weight excluding hydrogens is 198 g/mol. The lowest BCUT2D eigenvalue weighted by Gasteiger charge is -2.25. The number of aliphatic hydroxyl groups is 2. The lowest BCUT2D eigenvalue weighted by Crippen LogP contribution is -2.45. The zero-order chi connectivity index (χ0) is 12.1. The van der Waals surface area contributed by atoms with E-state index in [2.05, 4.69) is 5.32 Å². The van der Waals surface area contributed by atoms with Gasteiger partial charge in [-0.15, -0.1) is 0 Å². The summed E-state index contributed by atoms with van der Waals surface area (Å²) in [6, 6.07) is -0.482. The van der Waals surface area contributed by atoms with Gasteiger partial charge in [0.25, 0.3) is 0 Å². The fraction of sp³-hybridized carbons (Fsp3) is 0.900. The van der Waals surface area contributed by atoms with E-state index < -0.39 is 17.7 Å². The smallest absolute Gasteiger partial charge is 0.407 e. The highest BCUT2D eigenvalue weighted by molar-refractivity contribution is 5.68. The number of carbonyl (C=O) groups is 1. The van der Waals surface area contributed by atoms with Gasteiger partial charge in [0.05, 0.1) is 12.6 Å². The van der Waals surface area contributed by atoms with Gasteiger partial charge in [0.1, 0.15) is 5.60 Å². The molecule has 0 aliphatic rings. The summed E-state index contributed by atoms with van der Waals surface area (Å²) in [6.45, 7) is 6.70. The van der Waals surface area contributed by atoms with E-state index in [9.17, 15) is 4.79 Å². The van der Waals surface area contributed by atoms with Crippen LogP contribution in [0.4, 0.5) is 4.79 Å². The van der Waals surface area contributed by atoms with Gasteiger partial charge in [0.15, 0.2) is 0 Å². The highest BCUT2D eigenvalue weighted by Gasteiger charge is 2.22. The standard InChI is InChI=1S/C10H21NO4/c1-7(5-12)8(6-13)11-9(14)15-10(2,3)4/h7-8,12-13H,5-6H2,1-4H3,(H,11,14)/t7-,8+/m1/s1. The Bertz CT molecular complexity index is 200. The Balaban J connectivity index is 4.13. The third kappa shape index (κ3) is 6.30. The minimum Gasteiger partial charge on any atom is -0.444 e. The van der Waals surface area contributed by atoms with E-state index in [0.717, 1.165) is 0 Å². The first-order valence-corrected chi connectivity index (χ1v) is 5.01. The monoisotopic (exact) mass is 219 g/mol. The van der Waals surface area contributed by atoms with E-state index in [4.69, 9.17) is 14.9 Å². The van der Waals surface area contributed by atoms with Crippen LogP contribution in [0.2, 0.25) is 0 Å². The Labute approximate surface area is 90.4 Å². The largest absolute Gasteiger partial charge is 0.444 e. The summed E-state index contributed by atoms with van der Waals surface area (Å²) in [4.78, 5) is 11.3. The van der Waals surface area contributed by atoms with Gasteiger partial charge < -0.3 is 20.3 Å². The highest BCUT2D eigenvalue weighted by Crippen LogP contribution is 2.08. The van der Waals surface area contributed by atoms with Crippen molar-refractivity contribution in [1.82, 2.24) is 5.32 Å². The molecule has 0 fully saturated rings. The number of hydrogen-bond acceptors (Lipinski definition) is 4. The lowest BCUT2D eigenvalue weighted by atomic mass is 10.0. The average Bonchev–Trinajstić information content (AvgIpc) is 2.10. The molecule has 5 heteroatoms. The van der Waals surface area contributed by atoms with Crippen LogP contribution < -0.4 is 5.32 Å². The molecule has 0 bridgehead atoms. The summed E-state index contributed by atoms with van der Waals surface area (Å²) in [7, 11) is 0. The van der Waals surface area contributed by atoms with Gasteiger partial charge in [-0.25, -0.2) is 4.79 Å². The first-order chi connectivity index (χ1) is 6.80. The molecule has 0 unspecified atom stereocenters. The van der Waals surface area contributed by atoms with Crippen molar-refractivity contribution in [3.63, 3.8) is 0 Å². The number of rotatable bonds is 4.